The van der Waals surface area contributed by atoms with Gasteiger partial charge in [-0.2, -0.15) is 0 Å². The molecule has 0 saturated heterocycles. The monoisotopic (exact) mass is 1020 g/mol. The fraction of sp³-hybridized carbons (Fsp3) is 0.776. The normalized spacial score (nSPS) is 12.5. The average Bonchev–Trinajstić information content (AvgIpc) is 3.39. The Morgan fingerprint density at radius 3 is 0.808 bits per heavy atom. The van der Waals surface area contributed by atoms with Gasteiger partial charge >= 0.3 is 17.9 Å². The van der Waals surface area contributed by atoms with Gasteiger partial charge in [-0.3, -0.25) is 14.4 Å². The van der Waals surface area contributed by atoms with Gasteiger partial charge in [0.25, 0.3) is 0 Å². The van der Waals surface area contributed by atoms with Crippen molar-refractivity contribution in [3.05, 3.63) is 72.9 Å². The van der Waals surface area contributed by atoms with E-state index in [1.165, 1.54) is 193 Å². The number of rotatable bonds is 57. The molecule has 0 spiro atoms. The molecule has 1 unspecified atom stereocenters. The molecule has 0 rings (SSSR count). The number of hydrogen-bond donors (Lipinski definition) is 0. The highest BCUT2D eigenvalue weighted by Gasteiger charge is 2.19. The summed E-state index contributed by atoms with van der Waals surface area (Å²) in [6.45, 7) is 6.49. The van der Waals surface area contributed by atoms with Crippen molar-refractivity contribution < 1.29 is 28.6 Å². The molecule has 0 aromatic heterocycles. The summed E-state index contributed by atoms with van der Waals surface area (Å²) in [6, 6.07) is 0. The van der Waals surface area contributed by atoms with Gasteiger partial charge in [0.2, 0.25) is 0 Å². The van der Waals surface area contributed by atoms with Crippen LogP contribution in [0, 0.1) is 0 Å². The zero-order valence-electron chi connectivity index (χ0n) is 48.4. The first-order valence-corrected chi connectivity index (χ1v) is 31.4. The fourth-order valence-corrected chi connectivity index (χ4v) is 9.06. The Balaban J connectivity index is 4.27. The van der Waals surface area contributed by atoms with Crippen LogP contribution in [0.15, 0.2) is 72.9 Å². The number of carbonyl (C=O) groups excluding carboxylic acids is 3. The van der Waals surface area contributed by atoms with Gasteiger partial charge in [-0.15, -0.1) is 0 Å². The lowest BCUT2D eigenvalue weighted by molar-refractivity contribution is -0.166. The van der Waals surface area contributed by atoms with Crippen LogP contribution in [0.4, 0.5) is 0 Å². The summed E-state index contributed by atoms with van der Waals surface area (Å²) in [7, 11) is 0. The SMILES string of the molecule is CC/C=C\C/C=C\C/C=C\C/C=C\C/C=C\C/C=C\CCC(=O)OC(COC(=O)CCCCCCCCCCCC)COC(=O)CCCCCCCCCCCCCCCCCCCCCCCCCCCC. The van der Waals surface area contributed by atoms with E-state index in [-0.39, 0.29) is 37.5 Å². The largest absolute Gasteiger partial charge is 0.462 e. The second-order valence-corrected chi connectivity index (χ2v) is 21.0. The molecule has 0 aliphatic carbocycles. The van der Waals surface area contributed by atoms with Crippen molar-refractivity contribution in [1.82, 2.24) is 0 Å². The molecule has 422 valence electrons. The smallest absolute Gasteiger partial charge is 0.306 e. The van der Waals surface area contributed by atoms with E-state index < -0.39 is 6.10 Å². The molecule has 0 aliphatic rings. The Hall–Kier alpha value is -3.15. The van der Waals surface area contributed by atoms with E-state index in [2.05, 4.69) is 87.6 Å². The summed E-state index contributed by atoms with van der Waals surface area (Å²) in [6.07, 6.45) is 79.4. The molecular formula is C67H118O6. The van der Waals surface area contributed by atoms with Crippen LogP contribution < -0.4 is 0 Å². The second kappa shape index (κ2) is 61.4. The fourth-order valence-electron chi connectivity index (χ4n) is 9.06. The minimum Gasteiger partial charge on any atom is -0.462 e. The molecule has 0 fully saturated rings. The first-order valence-electron chi connectivity index (χ1n) is 31.4. The van der Waals surface area contributed by atoms with Crippen molar-refractivity contribution in [2.45, 2.75) is 322 Å². The van der Waals surface area contributed by atoms with Crippen LogP contribution in [0.2, 0.25) is 0 Å². The van der Waals surface area contributed by atoms with Gasteiger partial charge in [0.15, 0.2) is 6.10 Å². The Bertz CT molecular complexity index is 1360. The summed E-state index contributed by atoms with van der Waals surface area (Å²) in [4.78, 5) is 38.1. The van der Waals surface area contributed by atoms with Gasteiger partial charge in [0.1, 0.15) is 13.2 Å². The number of allylic oxidation sites excluding steroid dienone is 12. The summed E-state index contributed by atoms with van der Waals surface area (Å²) < 4.78 is 16.8. The number of hydrogen-bond acceptors (Lipinski definition) is 6. The minimum atomic E-state index is -0.813. The number of unbranched alkanes of at least 4 members (excludes halogenated alkanes) is 34. The van der Waals surface area contributed by atoms with Gasteiger partial charge < -0.3 is 14.2 Å². The van der Waals surface area contributed by atoms with Crippen molar-refractivity contribution in [3.8, 4) is 0 Å². The highest BCUT2D eigenvalue weighted by atomic mass is 16.6. The lowest BCUT2D eigenvalue weighted by Crippen LogP contribution is -2.30. The first kappa shape index (κ1) is 69.8. The summed E-state index contributed by atoms with van der Waals surface area (Å²) >= 11 is 0. The van der Waals surface area contributed by atoms with Crippen LogP contribution >= 0.6 is 0 Å². The Labute approximate surface area is 453 Å². The van der Waals surface area contributed by atoms with E-state index in [0.29, 0.717) is 19.3 Å². The van der Waals surface area contributed by atoms with Crippen LogP contribution in [0.1, 0.15) is 316 Å². The maximum Gasteiger partial charge on any atom is 0.306 e. The quantitative estimate of drug-likeness (QED) is 0.0261. The first-order chi connectivity index (χ1) is 36.0. The molecule has 73 heavy (non-hydrogen) atoms. The molecule has 0 aromatic carbocycles. The van der Waals surface area contributed by atoms with Gasteiger partial charge in [0.05, 0.1) is 0 Å². The lowest BCUT2D eigenvalue weighted by atomic mass is 10.0. The van der Waals surface area contributed by atoms with Gasteiger partial charge in [0, 0.05) is 19.3 Å². The minimum absolute atomic E-state index is 0.102. The van der Waals surface area contributed by atoms with Crippen LogP contribution in [-0.2, 0) is 28.6 Å². The van der Waals surface area contributed by atoms with Crippen LogP contribution in [-0.4, -0.2) is 37.2 Å². The van der Waals surface area contributed by atoms with E-state index in [9.17, 15) is 14.4 Å². The second-order valence-electron chi connectivity index (χ2n) is 21.0. The topological polar surface area (TPSA) is 78.9 Å². The van der Waals surface area contributed by atoms with Crippen molar-refractivity contribution in [2.24, 2.45) is 0 Å². The zero-order valence-corrected chi connectivity index (χ0v) is 48.4. The molecule has 0 aliphatic heterocycles. The molecule has 0 heterocycles. The van der Waals surface area contributed by atoms with E-state index >= 15 is 0 Å². The third kappa shape index (κ3) is 59.6. The molecule has 0 radical (unpaired) electrons. The maximum absolute atomic E-state index is 12.8. The van der Waals surface area contributed by atoms with Crippen LogP contribution in [0.3, 0.4) is 0 Å². The van der Waals surface area contributed by atoms with E-state index in [1.807, 2.05) is 6.08 Å². The highest BCUT2D eigenvalue weighted by Crippen LogP contribution is 2.17. The van der Waals surface area contributed by atoms with Crippen LogP contribution in [0.25, 0.3) is 0 Å². The number of esters is 3. The Morgan fingerprint density at radius 2 is 0.534 bits per heavy atom. The highest BCUT2D eigenvalue weighted by molar-refractivity contribution is 5.71. The molecule has 6 nitrogen and oxygen atoms in total. The average molecular weight is 1020 g/mol. The predicted octanol–water partition coefficient (Wildman–Crippen LogP) is 21.3. The third-order valence-corrected chi connectivity index (χ3v) is 13.7. The molecular weight excluding hydrogens is 901 g/mol. The maximum atomic E-state index is 12.8. The summed E-state index contributed by atoms with van der Waals surface area (Å²) in [5.41, 5.74) is 0. The standard InChI is InChI=1S/C67H118O6/c1-4-7-10-13-16-19-22-24-26-28-30-31-32-33-34-35-36-38-39-41-43-45-48-51-54-57-60-66(69)72-63-64(62-71-65(68)59-56-53-50-47-21-18-15-12-9-6-3)73-67(70)61-58-55-52-49-46-44-42-40-37-29-27-25-23-20-17-14-11-8-5-2/h8,11,17,20,25,27,37,40,44,46,52,55,64H,4-7,9-10,12-16,18-19,21-24,26,28-36,38-39,41-43,45,47-51,53-54,56-63H2,1-3H3/b11-8-,20-17-,27-25-,40-37-,46-44-,55-52-. The molecule has 1 atom stereocenters. The van der Waals surface area contributed by atoms with Crippen molar-refractivity contribution in [2.75, 3.05) is 13.2 Å². The van der Waals surface area contributed by atoms with E-state index in [4.69, 9.17) is 14.2 Å². The summed E-state index contributed by atoms with van der Waals surface area (Å²) in [5, 5.41) is 0. The van der Waals surface area contributed by atoms with Crippen molar-refractivity contribution >= 4 is 17.9 Å². The van der Waals surface area contributed by atoms with Gasteiger partial charge in [-0.25, -0.2) is 0 Å². The predicted molar refractivity (Wildman–Crippen MR) is 316 cm³/mol. The number of carbonyl (C=O) groups is 3. The zero-order chi connectivity index (χ0) is 52.9. The van der Waals surface area contributed by atoms with E-state index in [1.54, 1.807) is 0 Å². The lowest BCUT2D eigenvalue weighted by Gasteiger charge is -2.18. The molecule has 6 heteroatoms. The van der Waals surface area contributed by atoms with Crippen LogP contribution in [0.5, 0.6) is 0 Å². The molecule has 0 bridgehead atoms. The van der Waals surface area contributed by atoms with Crippen molar-refractivity contribution in [1.29, 1.82) is 0 Å². The molecule has 0 N–H and O–H groups in total. The number of ether oxygens (including phenoxy) is 3. The van der Waals surface area contributed by atoms with Gasteiger partial charge in [-0.05, 0) is 57.8 Å². The molecule has 0 aromatic rings. The van der Waals surface area contributed by atoms with E-state index in [0.717, 1.165) is 77.0 Å². The Kier molecular flexibility index (Phi) is 58.7. The molecule has 0 amide bonds. The Morgan fingerprint density at radius 1 is 0.288 bits per heavy atom. The molecule has 0 saturated carbocycles. The van der Waals surface area contributed by atoms with Gasteiger partial charge in [-0.1, -0.05) is 312 Å². The summed E-state index contributed by atoms with van der Waals surface area (Å²) in [5.74, 6) is -0.975. The third-order valence-electron chi connectivity index (χ3n) is 13.7. The van der Waals surface area contributed by atoms with Crippen molar-refractivity contribution in [3.63, 3.8) is 0 Å².